The summed E-state index contributed by atoms with van der Waals surface area (Å²) in [6.07, 6.45) is 5.43. The minimum atomic E-state index is -0.711. The van der Waals surface area contributed by atoms with Crippen LogP contribution in [0.15, 0.2) is 0 Å². The predicted octanol–water partition coefficient (Wildman–Crippen LogP) is 1.38. The molecule has 2 atom stereocenters. The summed E-state index contributed by atoms with van der Waals surface area (Å²) in [6.45, 7) is 4.29. The molecule has 1 aliphatic carbocycles. The lowest BCUT2D eigenvalue weighted by molar-refractivity contribution is -0.145. The monoisotopic (exact) mass is 282 g/mol. The molecule has 1 aliphatic heterocycles. The van der Waals surface area contributed by atoms with Crippen molar-refractivity contribution in [2.75, 3.05) is 19.6 Å². The molecule has 2 rings (SSSR count). The Balaban J connectivity index is 1.86. The summed E-state index contributed by atoms with van der Waals surface area (Å²) in [6, 6.07) is 0. The van der Waals surface area contributed by atoms with E-state index in [0.717, 1.165) is 51.6 Å². The second-order valence-corrected chi connectivity index (χ2v) is 6.51. The molecule has 3 N–H and O–H groups in total. The van der Waals surface area contributed by atoms with Gasteiger partial charge >= 0.3 is 5.97 Å². The van der Waals surface area contributed by atoms with E-state index in [1.165, 1.54) is 0 Å². The molecule has 2 aliphatic rings. The van der Waals surface area contributed by atoms with Crippen molar-refractivity contribution in [1.82, 2.24) is 10.6 Å². The molecular formula is C15H26N2O3. The summed E-state index contributed by atoms with van der Waals surface area (Å²) in [4.78, 5) is 23.6. The third-order valence-corrected chi connectivity index (χ3v) is 5.01. The SMILES string of the molecule is CC1(C(=O)NCC2CCCCC2C(=O)O)CCNCC1. The van der Waals surface area contributed by atoms with Crippen LogP contribution in [0.5, 0.6) is 0 Å². The summed E-state index contributed by atoms with van der Waals surface area (Å²) in [5.74, 6) is -0.814. The lowest BCUT2D eigenvalue weighted by Crippen LogP contribution is -2.47. The van der Waals surface area contributed by atoms with Gasteiger partial charge in [0.15, 0.2) is 0 Å². The highest BCUT2D eigenvalue weighted by molar-refractivity contribution is 5.82. The van der Waals surface area contributed by atoms with Gasteiger partial charge in [0.25, 0.3) is 0 Å². The van der Waals surface area contributed by atoms with E-state index in [4.69, 9.17) is 0 Å². The first-order chi connectivity index (χ1) is 9.53. The maximum atomic E-state index is 12.4. The standard InChI is InChI=1S/C15H26N2O3/c1-15(6-8-16-9-7-15)14(20)17-10-11-4-2-3-5-12(11)13(18)19/h11-12,16H,2-10H2,1H3,(H,17,20)(H,18,19). The van der Waals surface area contributed by atoms with Crippen LogP contribution in [0.25, 0.3) is 0 Å². The van der Waals surface area contributed by atoms with Gasteiger partial charge in [0.2, 0.25) is 5.91 Å². The Hall–Kier alpha value is -1.10. The average Bonchev–Trinajstić information content (AvgIpc) is 2.45. The van der Waals surface area contributed by atoms with Gasteiger partial charge in [-0.25, -0.2) is 0 Å². The number of rotatable bonds is 4. The molecule has 1 saturated heterocycles. The van der Waals surface area contributed by atoms with Crippen molar-refractivity contribution < 1.29 is 14.7 Å². The number of amides is 1. The summed E-state index contributed by atoms with van der Waals surface area (Å²) >= 11 is 0. The second kappa shape index (κ2) is 6.57. The number of carboxylic acid groups (broad SMARTS) is 1. The van der Waals surface area contributed by atoms with Gasteiger partial charge in [0.1, 0.15) is 0 Å². The van der Waals surface area contributed by atoms with Crippen LogP contribution in [-0.2, 0) is 9.59 Å². The smallest absolute Gasteiger partial charge is 0.306 e. The van der Waals surface area contributed by atoms with E-state index in [2.05, 4.69) is 10.6 Å². The van der Waals surface area contributed by atoms with E-state index in [1.807, 2.05) is 6.92 Å². The number of hydrogen-bond acceptors (Lipinski definition) is 3. The average molecular weight is 282 g/mol. The Morgan fingerprint density at radius 2 is 1.90 bits per heavy atom. The van der Waals surface area contributed by atoms with E-state index < -0.39 is 5.97 Å². The molecule has 0 aromatic heterocycles. The molecule has 0 bridgehead atoms. The van der Waals surface area contributed by atoms with Gasteiger partial charge in [-0.2, -0.15) is 0 Å². The molecule has 114 valence electrons. The Morgan fingerprint density at radius 1 is 1.25 bits per heavy atom. The van der Waals surface area contributed by atoms with Crippen LogP contribution < -0.4 is 10.6 Å². The fraction of sp³-hybridized carbons (Fsp3) is 0.867. The first-order valence-corrected chi connectivity index (χ1v) is 7.75. The highest BCUT2D eigenvalue weighted by Crippen LogP contribution is 2.31. The predicted molar refractivity (Wildman–Crippen MR) is 76.3 cm³/mol. The normalized spacial score (nSPS) is 29.6. The molecule has 2 fully saturated rings. The number of carboxylic acids is 1. The maximum Gasteiger partial charge on any atom is 0.306 e. The van der Waals surface area contributed by atoms with Crippen LogP contribution in [0.2, 0.25) is 0 Å². The van der Waals surface area contributed by atoms with Crippen LogP contribution >= 0.6 is 0 Å². The number of carbonyl (C=O) groups excluding carboxylic acids is 1. The van der Waals surface area contributed by atoms with E-state index in [9.17, 15) is 14.7 Å². The van der Waals surface area contributed by atoms with Crippen LogP contribution in [0.4, 0.5) is 0 Å². The molecule has 0 aromatic rings. The Kier molecular flexibility index (Phi) is 5.02. The van der Waals surface area contributed by atoms with Gasteiger partial charge in [-0.3, -0.25) is 9.59 Å². The highest BCUT2D eigenvalue weighted by atomic mass is 16.4. The van der Waals surface area contributed by atoms with Gasteiger partial charge < -0.3 is 15.7 Å². The number of nitrogens with one attached hydrogen (secondary N) is 2. The Morgan fingerprint density at radius 3 is 2.55 bits per heavy atom. The molecule has 0 radical (unpaired) electrons. The zero-order valence-corrected chi connectivity index (χ0v) is 12.3. The molecule has 5 heteroatoms. The van der Waals surface area contributed by atoms with Crippen molar-refractivity contribution in [3.8, 4) is 0 Å². The van der Waals surface area contributed by atoms with Crippen LogP contribution in [0.3, 0.4) is 0 Å². The minimum Gasteiger partial charge on any atom is -0.481 e. The molecule has 0 spiro atoms. The largest absolute Gasteiger partial charge is 0.481 e. The van der Waals surface area contributed by atoms with E-state index in [1.54, 1.807) is 0 Å². The lowest BCUT2D eigenvalue weighted by atomic mass is 9.78. The Labute approximate surface area is 120 Å². The fourth-order valence-corrected chi connectivity index (χ4v) is 3.42. The first-order valence-electron chi connectivity index (χ1n) is 7.75. The van der Waals surface area contributed by atoms with Gasteiger partial charge in [-0.1, -0.05) is 19.8 Å². The van der Waals surface area contributed by atoms with Crippen LogP contribution in [-0.4, -0.2) is 36.6 Å². The number of piperidine rings is 1. The van der Waals surface area contributed by atoms with Gasteiger partial charge in [-0.05, 0) is 44.7 Å². The Bertz CT molecular complexity index is 364. The first kappa shape index (κ1) is 15.3. The topological polar surface area (TPSA) is 78.4 Å². The summed E-state index contributed by atoms with van der Waals surface area (Å²) in [7, 11) is 0. The van der Waals surface area contributed by atoms with Crippen molar-refractivity contribution in [3.05, 3.63) is 0 Å². The number of carbonyl (C=O) groups is 2. The number of aliphatic carboxylic acids is 1. The summed E-state index contributed by atoms with van der Waals surface area (Å²) in [5.41, 5.74) is -0.293. The molecule has 0 aromatic carbocycles. The molecule has 5 nitrogen and oxygen atoms in total. The minimum absolute atomic E-state index is 0.0914. The molecule has 1 saturated carbocycles. The van der Waals surface area contributed by atoms with Crippen molar-refractivity contribution in [1.29, 1.82) is 0 Å². The quantitative estimate of drug-likeness (QED) is 0.728. The van der Waals surface area contributed by atoms with Crippen molar-refractivity contribution in [2.45, 2.75) is 45.4 Å². The molecule has 2 unspecified atom stereocenters. The van der Waals surface area contributed by atoms with Crippen molar-refractivity contribution >= 4 is 11.9 Å². The fourth-order valence-electron chi connectivity index (χ4n) is 3.42. The zero-order valence-electron chi connectivity index (χ0n) is 12.3. The zero-order chi connectivity index (χ0) is 14.6. The third-order valence-electron chi connectivity index (χ3n) is 5.01. The summed E-state index contributed by atoms with van der Waals surface area (Å²) < 4.78 is 0. The van der Waals surface area contributed by atoms with E-state index >= 15 is 0 Å². The molecule has 20 heavy (non-hydrogen) atoms. The number of hydrogen-bond donors (Lipinski definition) is 3. The molecule has 1 amide bonds. The van der Waals surface area contributed by atoms with E-state index in [0.29, 0.717) is 6.54 Å². The molecular weight excluding hydrogens is 256 g/mol. The third kappa shape index (κ3) is 3.51. The molecule has 1 heterocycles. The van der Waals surface area contributed by atoms with E-state index in [-0.39, 0.29) is 23.2 Å². The van der Waals surface area contributed by atoms with Crippen LogP contribution in [0.1, 0.15) is 45.4 Å². The van der Waals surface area contributed by atoms with Gasteiger partial charge in [-0.15, -0.1) is 0 Å². The van der Waals surface area contributed by atoms with Gasteiger partial charge in [0, 0.05) is 12.0 Å². The van der Waals surface area contributed by atoms with Crippen molar-refractivity contribution in [2.24, 2.45) is 17.3 Å². The summed E-state index contributed by atoms with van der Waals surface area (Å²) in [5, 5.41) is 15.5. The second-order valence-electron chi connectivity index (χ2n) is 6.51. The highest BCUT2D eigenvalue weighted by Gasteiger charge is 2.36. The van der Waals surface area contributed by atoms with Gasteiger partial charge in [0.05, 0.1) is 5.92 Å². The van der Waals surface area contributed by atoms with Crippen molar-refractivity contribution in [3.63, 3.8) is 0 Å². The van der Waals surface area contributed by atoms with Crippen LogP contribution in [0, 0.1) is 17.3 Å². The lowest BCUT2D eigenvalue weighted by Gasteiger charge is -2.34. The maximum absolute atomic E-state index is 12.4.